The molecule has 312 valence electrons. The fourth-order valence-corrected chi connectivity index (χ4v) is 9.53. The molecule has 4 aromatic rings. The Morgan fingerprint density at radius 1 is 0.702 bits per heavy atom. The highest BCUT2D eigenvalue weighted by molar-refractivity contribution is 8.11. The van der Waals surface area contributed by atoms with Crippen LogP contribution in [0.25, 0.3) is 21.8 Å². The average molecular weight is 855 g/mol. The maximum absolute atomic E-state index is 13.7. The average Bonchev–Trinajstić information content (AvgIpc) is 3.23. The zero-order valence-electron chi connectivity index (χ0n) is 31.6. The van der Waals surface area contributed by atoms with Gasteiger partial charge in [-0.1, -0.05) is 0 Å². The Morgan fingerprint density at radius 2 is 1.18 bits per heavy atom. The van der Waals surface area contributed by atoms with E-state index in [2.05, 4.69) is 34.5 Å². The Morgan fingerprint density at radius 3 is 1.65 bits per heavy atom. The molecule has 2 unspecified atom stereocenters. The van der Waals surface area contributed by atoms with Gasteiger partial charge in [0.05, 0.1) is 37.5 Å². The predicted octanol–water partition coefficient (Wildman–Crippen LogP) is 2.90. The second kappa shape index (κ2) is 20.0. The molecule has 4 aliphatic heterocycles. The van der Waals surface area contributed by atoms with Crippen LogP contribution < -0.4 is 20.3 Å². The second-order valence-electron chi connectivity index (χ2n) is 14.2. The van der Waals surface area contributed by atoms with Crippen LogP contribution in [-0.2, 0) is 28.9 Å². The third kappa shape index (κ3) is 11.8. The zero-order chi connectivity index (χ0) is 40.4. The molecule has 0 saturated carbocycles. The first-order chi connectivity index (χ1) is 27.4. The number of aromatic nitrogens is 4. The van der Waals surface area contributed by atoms with Gasteiger partial charge in [0, 0.05) is 80.4 Å². The summed E-state index contributed by atoms with van der Waals surface area (Å²) in [5.41, 5.74) is 7.24. The summed E-state index contributed by atoms with van der Waals surface area (Å²) in [5, 5.41) is 1.46. The van der Waals surface area contributed by atoms with Crippen molar-refractivity contribution in [2.45, 2.75) is 25.7 Å². The number of anilines is 2. The molecule has 57 heavy (non-hydrogen) atoms. The molecule has 3 N–H and O–H groups in total. The van der Waals surface area contributed by atoms with E-state index in [1.54, 1.807) is 18.5 Å². The van der Waals surface area contributed by atoms with Gasteiger partial charge in [0.25, 0.3) is 19.4 Å². The molecule has 2 aromatic heterocycles. The summed E-state index contributed by atoms with van der Waals surface area (Å²) in [6.07, 6.45) is 7.14. The van der Waals surface area contributed by atoms with Crippen LogP contribution in [0.15, 0.2) is 49.1 Å². The number of ether oxygens (including phenoxy) is 2. The van der Waals surface area contributed by atoms with Gasteiger partial charge >= 0.3 is 0 Å². The van der Waals surface area contributed by atoms with Crippen LogP contribution >= 0.6 is 10.7 Å². The number of nitrogens with two attached hydrogens (primary N) is 1. The quantitative estimate of drug-likeness (QED) is 0.247. The van der Waals surface area contributed by atoms with Crippen molar-refractivity contribution < 1.29 is 35.1 Å². The molecule has 0 aliphatic carbocycles. The summed E-state index contributed by atoms with van der Waals surface area (Å²) in [7, 11) is -1.94. The van der Waals surface area contributed by atoms with Crippen molar-refractivity contribution in [2.24, 2.45) is 17.6 Å². The van der Waals surface area contributed by atoms with Crippen LogP contribution in [0.4, 0.5) is 20.4 Å². The number of halogens is 3. The molecule has 4 fully saturated rings. The molecule has 0 radical (unpaired) electrons. The van der Waals surface area contributed by atoms with Gasteiger partial charge in [0.15, 0.2) is 0 Å². The molecule has 6 heterocycles. The molecule has 2 aromatic carbocycles. The fraction of sp³-hybridized carbons (Fsp3) is 0.556. The molecule has 0 spiro atoms. The molecule has 16 nitrogen and oxygen atoms in total. The first kappa shape index (κ1) is 43.1. The second-order valence-corrected chi connectivity index (χ2v) is 18.4. The highest BCUT2D eigenvalue weighted by atomic mass is 35.7. The van der Waals surface area contributed by atoms with E-state index in [4.69, 9.17) is 25.9 Å². The van der Waals surface area contributed by atoms with Gasteiger partial charge < -0.3 is 25.0 Å². The third-order valence-electron chi connectivity index (χ3n) is 10.3. The minimum absolute atomic E-state index is 0.156. The Hall–Kier alpha value is -3.47. The summed E-state index contributed by atoms with van der Waals surface area (Å²) in [4.78, 5) is 21.4. The Balaban J connectivity index is 0.000000162. The summed E-state index contributed by atoms with van der Waals surface area (Å²) in [5.74, 6) is 1.59. The molecular formula is C36H49ClF2N10O6S2. The normalized spacial score (nSPS) is 21.4. The number of nitrogens with zero attached hydrogens (tertiary/aromatic N) is 8. The van der Waals surface area contributed by atoms with Crippen LogP contribution in [-0.4, -0.2) is 137 Å². The number of rotatable bonds is 8. The van der Waals surface area contributed by atoms with Crippen molar-refractivity contribution in [1.29, 1.82) is 0 Å². The van der Waals surface area contributed by atoms with E-state index in [0.717, 1.165) is 62.0 Å². The van der Waals surface area contributed by atoms with Crippen LogP contribution in [0.3, 0.4) is 0 Å². The Bertz CT molecular complexity index is 2170. The van der Waals surface area contributed by atoms with Gasteiger partial charge in [-0.15, -0.1) is 0 Å². The van der Waals surface area contributed by atoms with Gasteiger partial charge in [0.2, 0.25) is 0 Å². The Kier molecular flexibility index (Phi) is 15.1. The first-order valence-corrected chi connectivity index (χ1v) is 22.7. The summed E-state index contributed by atoms with van der Waals surface area (Å²) in [6, 6.07) is 9.12. The van der Waals surface area contributed by atoms with Gasteiger partial charge in [-0.3, -0.25) is 0 Å². The standard InChI is InChI=1S/C18H24FN5O3S.C14H17FN4.C4H8ClNO3S/c19-15-3-4-17-16(10-15)18(21-13-20-17)23-5-1-2-14(12-23)11-22-28(25,26)24-6-8-27-9-7-24;15-11-3-4-13-12(6-11)14(18-9-17-13)19-5-1-2-10(7-16)8-19;5-10(7,8)6-1-3-9-4-2-6/h3-4,10,13-14,22H,1-2,5-9,11-12H2;3-4,6,9-10H,1-2,5,7-8,16H2;1-4H2. The monoisotopic (exact) mass is 854 g/mol. The number of nitrogens with one attached hydrogen (secondary N) is 1. The lowest BCUT2D eigenvalue weighted by atomic mass is 9.98. The lowest BCUT2D eigenvalue weighted by Crippen LogP contribution is -2.49. The van der Waals surface area contributed by atoms with E-state index in [1.807, 2.05) is 0 Å². The van der Waals surface area contributed by atoms with Crippen LogP contribution in [0, 0.1) is 23.5 Å². The van der Waals surface area contributed by atoms with E-state index in [9.17, 15) is 25.6 Å². The van der Waals surface area contributed by atoms with E-state index in [1.165, 1.54) is 39.2 Å². The molecule has 8 rings (SSSR count). The van der Waals surface area contributed by atoms with Crippen molar-refractivity contribution in [2.75, 3.05) is 102 Å². The maximum Gasteiger partial charge on any atom is 0.299 e. The van der Waals surface area contributed by atoms with Gasteiger partial charge in [-0.2, -0.15) is 25.4 Å². The predicted molar refractivity (Wildman–Crippen MR) is 214 cm³/mol. The minimum Gasteiger partial charge on any atom is -0.379 e. The topological polar surface area (TPSA) is 189 Å². The Labute approximate surface area is 336 Å². The molecule has 0 bridgehead atoms. The zero-order valence-corrected chi connectivity index (χ0v) is 33.9. The van der Waals surface area contributed by atoms with E-state index in [-0.39, 0.29) is 17.6 Å². The number of morpholine rings is 2. The molecule has 21 heteroatoms. The lowest BCUT2D eigenvalue weighted by molar-refractivity contribution is 0.0724. The van der Waals surface area contributed by atoms with E-state index >= 15 is 0 Å². The van der Waals surface area contributed by atoms with Crippen molar-refractivity contribution in [3.05, 3.63) is 60.7 Å². The van der Waals surface area contributed by atoms with E-state index in [0.29, 0.717) is 94.9 Å². The molecule has 4 aliphatic rings. The SMILES string of the molecule is NCC1CCCN(c2ncnc3ccc(F)cc23)C1.O=S(=O)(Cl)N1CCOCC1.O=S(=O)(NCC1CCCN(c2ncnc3ccc(F)cc23)C1)N1CCOCC1. The van der Waals surface area contributed by atoms with Gasteiger partial charge in [-0.05, 0) is 80.5 Å². The van der Waals surface area contributed by atoms with Crippen LogP contribution in [0.1, 0.15) is 25.7 Å². The molecule has 2 atom stereocenters. The van der Waals surface area contributed by atoms with Crippen molar-refractivity contribution >= 4 is 63.6 Å². The molecule has 4 saturated heterocycles. The third-order valence-corrected chi connectivity index (χ3v) is 13.4. The maximum atomic E-state index is 13.7. The number of piperidine rings is 2. The van der Waals surface area contributed by atoms with Gasteiger partial charge in [-0.25, -0.2) is 33.4 Å². The summed E-state index contributed by atoms with van der Waals surface area (Å²) in [6.45, 7) is 7.57. The number of fused-ring (bicyclic) bond motifs is 2. The van der Waals surface area contributed by atoms with Crippen molar-refractivity contribution in [3.8, 4) is 0 Å². The summed E-state index contributed by atoms with van der Waals surface area (Å²) < 4.78 is 88.9. The minimum atomic E-state index is -3.50. The fourth-order valence-electron chi connectivity index (χ4n) is 7.27. The number of hydrogen-bond donors (Lipinski definition) is 2. The molecule has 0 amide bonds. The first-order valence-electron chi connectivity index (χ1n) is 19.0. The van der Waals surface area contributed by atoms with Crippen LogP contribution in [0.5, 0.6) is 0 Å². The van der Waals surface area contributed by atoms with E-state index < -0.39 is 19.4 Å². The highest BCUT2D eigenvalue weighted by Gasteiger charge is 2.28. The van der Waals surface area contributed by atoms with Crippen molar-refractivity contribution in [1.82, 2.24) is 33.3 Å². The van der Waals surface area contributed by atoms with Crippen LogP contribution in [0.2, 0.25) is 0 Å². The smallest absolute Gasteiger partial charge is 0.299 e. The summed E-state index contributed by atoms with van der Waals surface area (Å²) >= 11 is 0. The lowest BCUT2D eigenvalue weighted by Gasteiger charge is -2.34. The van der Waals surface area contributed by atoms with Crippen molar-refractivity contribution in [3.63, 3.8) is 0 Å². The molecular weight excluding hydrogens is 806 g/mol. The number of benzene rings is 2. The largest absolute Gasteiger partial charge is 0.379 e. The number of hydrogen-bond acceptors (Lipinski definition) is 13. The van der Waals surface area contributed by atoms with Gasteiger partial charge in [0.1, 0.15) is 35.9 Å². The highest BCUT2D eigenvalue weighted by Crippen LogP contribution is 2.29.